The van der Waals surface area contributed by atoms with Gasteiger partial charge in [0.25, 0.3) is 0 Å². The van der Waals surface area contributed by atoms with Gasteiger partial charge in [-0.2, -0.15) is 13.2 Å². The minimum atomic E-state index is -4.32. The number of halogens is 3. The molecule has 0 heterocycles. The molecule has 0 spiro atoms. The van der Waals surface area contributed by atoms with Crippen molar-refractivity contribution in [3.05, 3.63) is 35.4 Å². The first kappa shape index (κ1) is 15.4. The standard InChI is InChI=1S/C16H21F3O/c1-11-4-2-6-13(8-11)15(20)10-12-5-3-7-14(9-12)16(17,18)19/h3,5,7,9,11,13,15,20H,2,4,6,8,10H2,1H3. The van der Waals surface area contributed by atoms with E-state index >= 15 is 0 Å². The van der Waals surface area contributed by atoms with E-state index in [9.17, 15) is 18.3 Å². The van der Waals surface area contributed by atoms with Crippen molar-refractivity contribution in [2.24, 2.45) is 11.8 Å². The summed E-state index contributed by atoms with van der Waals surface area (Å²) in [4.78, 5) is 0. The van der Waals surface area contributed by atoms with Crippen molar-refractivity contribution in [1.82, 2.24) is 0 Å². The molecule has 1 N–H and O–H groups in total. The van der Waals surface area contributed by atoms with E-state index in [4.69, 9.17) is 0 Å². The summed E-state index contributed by atoms with van der Waals surface area (Å²) in [5, 5.41) is 10.3. The normalized spacial score (nSPS) is 25.4. The summed E-state index contributed by atoms with van der Waals surface area (Å²) in [5.41, 5.74) is -0.0789. The van der Waals surface area contributed by atoms with Gasteiger partial charge in [0.2, 0.25) is 0 Å². The van der Waals surface area contributed by atoms with E-state index in [1.807, 2.05) is 0 Å². The Morgan fingerprint density at radius 2 is 2.05 bits per heavy atom. The molecular weight excluding hydrogens is 265 g/mol. The molecule has 0 aliphatic heterocycles. The zero-order chi connectivity index (χ0) is 14.8. The molecule has 0 saturated heterocycles. The Balaban J connectivity index is 2.02. The molecule has 4 heteroatoms. The van der Waals surface area contributed by atoms with E-state index in [-0.39, 0.29) is 5.92 Å². The molecule has 0 radical (unpaired) electrons. The first-order valence-corrected chi connectivity index (χ1v) is 7.20. The molecule has 2 rings (SSSR count). The number of rotatable bonds is 3. The van der Waals surface area contributed by atoms with E-state index in [2.05, 4.69) is 6.92 Å². The van der Waals surface area contributed by atoms with Crippen LogP contribution < -0.4 is 0 Å². The highest BCUT2D eigenvalue weighted by molar-refractivity contribution is 5.26. The lowest BCUT2D eigenvalue weighted by Gasteiger charge is -2.30. The van der Waals surface area contributed by atoms with Gasteiger partial charge in [0.05, 0.1) is 11.7 Å². The summed E-state index contributed by atoms with van der Waals surface area (Å²) in [6.45, 7) is 2.17. The summed E-state index contributed by atoms with van der Waals surface area (Å²) < 4.78 is 37.9. The van der Waals surface area contributed by atoms with Crippen molar-refractivity contribution in [2.75, 3.05) is 0 Å². The quantitative estimate of drug-likeness (QED) is 0.871. The lowest BCUT2D eigenvalue weighted by Crippen LogP contribution is -2.27. The highest BCUT2D eigenvalue weighted by atomic mass is 19.4. The fraction of sp³-hybridized carbons (Fsp3) is 0.625. The molecule has 1 aliphatic carbocycles. The molecular formula is C16H21F3O. The molecule has 112 valence electrons. The molecule has 1 nitrogen and oxygen atoms in total. The molecule has 0 amide bonds. The summed E-state index contributed by atoms with van der Waals surface area (Å²) in [6, 6.07) is 5.28. The Bertz CT molecular complexity index is 442. The van der Waals surface area contributed by atoms with Gasteiger partial charge in [0.15, 0.2) is 0 Å². The highest BCUT2D eigenvalue weighted by Crippen LogP contribution is 2.33. The van der Waals surface area contributed by atoms with Gasteiger partial charge in [-0.1, -0.05) is 38.0 Å². The van der Waals surface area contributed by atoms with E-state index in [1.54, 1.807) is 6.07 Å². The van der Waals surface area contributed by atoms with Crippen LogP contribution in [0.4, 0.5) is 13.2 Å². The van der Waals surface area contributed by atoms with Gasteiger partial charge in [0.1, 0.15) is 0 Å². The third-order valence-electron chi connectivity index (χ3n) is 4.22. The van der Waals surface area contributed by atoms with E-state index in [1.165, 1.54) is 12.5 Å². The van der Waals surface area contributed by atoms with Gasteiger partial charge in [-0.25, -0.2) is 0 Å². The number of aliphatic hydroxyl groups is 1. The topological polar surface area (TPSA) is 20.2 Å². The Labute approximate surface area is 117 Å². The molecule has 1 aromatic rings. The van der Waals surface area contributed by atoms with Crippen LogP contribution in [-0.2, 0) is 12.6 Å². The zero-order valence-electron chi connectivity index (χ0n) is 11.7. The number of aliphatic hydroxyl groups excluding tert-OH is 1. The van der Waals surface area contributed by atoms with Crippen LogP contribution >= 0.6 is 0 Å². The molecule has 3 unspecified atom stereocenters. The van der Waals surface area contributed by atoms with Crippen molar-refractivity contribution >= 4 is 0 Å². The van der Waals surface area contributed by atoms with E-state index in [0.29, 0.717) is 17.9 Å². The van der Waals surface area contributed by atoms with Crippen molar-refractivity contribution in [2.45, 2.75) is 51.3 Å². The molecule has 1 aromatic carbocycles. The number of alkyl halides is 3. The molecule has 0 aromatic heterocycles. The smallest absolute Gasteiger partial charge is 0.392 e. The van der Waals surface area contributed by atoms with Crippen LogP contribution in [0.5, 0.6) is 0 Å². The Morgan fingerprint density at radius 1 is 1.30 bits per heavy atom. The number of hydrogen-bond acceptors (Lipinski definition) is 1. The minimum Gasteiger partial charge on any atom is -0.392 e. The van der Waals surface area contributed by atoms with Crippen molar-refractivity contribution in [3.8, 4) is 0 Å². The molecule has 1 saturated carbocycles. The highest BCUT2D eigenvalue weighted by Gasteiger charge is 2.31. The predicted molar refractivity (Wildman–Crippen MR) is 72.3 cm³/mol. The summed E-state index contributed by atoms with van der Waals surface area (Å²) >= 11 is 0. The maximum Gasteiger partial charge on any atom is 0.416 e. The molecule has 1 aliphatic rings. The predicted octanol–water partition coefficient (Wildman–Crippen LogP) is 4.44. The third kappa shape index (κ3) is 3.98. The van der Waals surface area contributed by atoms with E-state index < -0.39 is 17.8 Å². The first-order valence-electron chi connectivity index (χ1n) is 7.20. The Hall–Kier alpha value is -1.03. The van der Waals surface area contributed by atoms with Crippen LogP contribution in [0.2, 0.25) is 0 Å². The molecule has 3 atom stereocenters. The number of benzene rings is 1. The van der Waals surface area contributed by atoms with Crippen molar-refractivity contribution in [3.63, 3.8) is 0 Å². The van der Waals surface area contributed by atoms with Crippen LogP contribution in [0.3, 0.4) is 0 Å². The second-order valence-electron chi connectivity index (χ2n) is 6.00. The van der Waals surface area contributed by atoms with Gasteiger partial charge in [-0.15, -0.1) is 0 Å². The van der Waals surface area contributed by atoms with Gasteiger partial charge < -0.3 is 5.11 Å². The van der Waals surface area contributed by atoms with Crippen molar-refractivity contribution < 1.29 is 18.3 Å². The first-order chi connectivity index (χ1) is 9.36. The number of hydrogen-bond donors (Lipinski definition) is 1. The summed E-state index contributed by atoms with van der Waals surface area (Å²) in [5.74, 6) is 0.818. The molecule has 20 heavy (non-hydrogen) atoms. The minimum absolute atomic E-state index is 0.216. The van der Waals surface area contributed by atoms with Crippen LogP contribution in [-0.4, -0.2) is 11.2 Å². The largest absolute Gasteiger partial charge is 0.416 e. The second kappa shape index (κ2) is 6.17. The van der Waals surface area contributed by atoms with Crippen LogP contribution in [0, 0.1) is 11.8 Å². The van der Waals surface area contributed by atoms with Gasteiger partial charge in [-0.3, -0.25) is 0 Å². The average Bonchev–Trinajstić information content (AvgIpc) is 2.38. The fourth-order valence-electron chi connectivity index (χ4n) is 3.11. The van der Waals surface area contributed by atoms with Gasteiger partial charge in [0, 0.05) is 0 Å². The summed E-state index contributed by atoms with van der Waals surface area (Å²) in [6.07, 6.45) is -0.314. The van der Waals surface area contributed by atoms with Crippen LogP contribution in [0.1, 0.15) is 43.7 Å². The summed E-state index contributed by atoms with van der Waals surface area (Å²) in [7, 11) is 0. The fourth-order valence-corrected chi connectivity index (χ4v) is 3.11. The zero-order valence-corrected chi connectivity index (χ0v) is 11.7. The lowest BCUT2D eigenvalue weighted by atomic mass is 9.78. The van der Waals surface area contributed by atoms with Crippen LogP contribution in [0.25, 0.3) is 0 Å². The molecule has 1 fully saturated rings. The monoisotopic (exact) mass is 286 g/mol. The second-order valence-corrected chi connectivity index (χ2v) is 6.00. The van der Waals surface area contributed by atoms with E-state index in [0.717, 1.165) is 31.4 Å². The van der Waals surface area contributed by atoms with Crippen LogP contribution in [0.15, 0.2) is 24.3 Å². The molecule has 0 bridgehead atoms. The SMILES string of the molecule is CC1CCCC(C(O)Cc2cccc(C(F)(F)F)c2)C1. The van der Waals surface area contributed by atoms with Gasteiger partial charge in [-0.05, 0) is 42.7 Å². The van der Waals surface area contributed by atoms with Gasteiger partial charge >= 0.3 is 6.18 Å². The maximum absolute atomic E-state index is 12.6. The third-order valence-corrected chi connectivity index (χ3v) is 4.22. The lowest BCUT2D eigenvalue weighted by molar-refractivity contribution is -0.137. The average molecular weight is 286 g/mol. The Morgan fingerprint density at radius 3 is 2.70 bits per heavy atom. The maximum atomic E-state index is 12.6. The Kier molecular flexibility index (Phi) is 4.74. The van der Waals surface area contributed by atoms with Crippen molar-refractivity contribution in [1.29, 1.82) is 0 Å².